The summed E-state index contributed by atoms with van der Waals surface area (Å²) in [5, 5.41) is 22.0. The quantitative estimate of drug-likeness (QED) is 0.399. The van der Waals surface area contributed by atoms with Crippen molar-refractivity contribution in [2.75, 3.05) is 0 Å². The molecular weight excluding hydrogens is 440 g/mol. The van der Waals surface area contributed by atoms with E-state index in [1.54, 1.807) is 0 Å². The molecule has 1 saturated carbocycles. The molecule has 5 rings (SSSR count). The Morgan fingerprint density at radius 3 is 2.54 bits per heavy atom. The molecule has 4 aromatic rings. The first-order valence-electron chi connectivity index (χ1n) is 12.4. The van der Waals surface area contributed by atoms with Gasteiger partial charge in [-0.15, -0.1) is 10.2 Å². The normalized spacial score (nSPS) is 14.2. The van der Waals surface area contributed by atoms with Crippen LogP contribution in [0.1, 0.15) is 67.5 Å². The molecule has 9 heteroatoms. The highest BCUT2D eigenvalue weighted by molar-refractivity contribution is 5.90. The van der Waals surface area contributed by atoms with Crippen LogP contribution in [0.5, 0.6) is 0 Å². The monoisotopic (exact) mass is 470 g/mol. The summed E-state index contributed by atoms with van der Waals surface area (Å²) < 4.78 is 1.87. The van der Waals surface area contributed by atoms with Crippen molar-refractivity contribution in [2.45, 2.75) is 64.5 Å². The molecule has 1 aliphatic rings. The SMILES string of the molecule is CCCn1nc(C(=O)NC2CCCCC2)nc1Cc1ccc(-c2ccccc2-c2nnn[nH]2)cc1. The van der Waals surface area contributed by atoms with Gasteiger partial charge in [0.2, 0.25) is 5.82 Å². The largest absolute Gasteiger partial charge is 0.347 e. The van der Waals surface area contributed by atoms with Crippen LogP contribution in [0.15, 0.2) is 48.5 Å². The maximum absolute atomic E-state index is 12.8. The van der Waals surface area contributed by atoms with Crippen molar-refractivity contribution in [3.05, 3.63) is 65.7 Å². The van der Waals surface area contributed by atoms with Gasteiger partial charge in [-0.1, -0.05) is 74.7 Å². The number of tetrazole rings is 1. The fraction of sp³-hybridized carbons (Fsp3) is 0.385. The number of aryl methyl sites for hydroxylation is 1. The number of amides is 1. The molecular formula is C26H30N8O. The summed E-state index contributed by atoms with van der Waals surface area (Å²) in [7, 11) is 0. The number of nitrogens with one attached hydrogen (secondary N) is 2. The third-order valence-electron chi connectivity index (χ3n) is 6.48. The second-order valence-corrected chi connectivity index (χ2v) is 9.05. The first-order valence-corrected chi connectivity index (χ1v) is 12.4. The predicted molar refractivity (Wildman–Crippen MR) is 133 cm³/mol. The van der Waals surface area contributed by atoms with Crippen LogP contribution >= 0.6 is 0 Å². The lowest BCUT2D eigenvalue weighted by Gasteiger charge is -2.21. The zero-order valence-corrected chi connectivity index (χ0v) is 19.9. The van der Waals surface area contributed by atoms with E-state index in [-0.39, 0.29) is 17.8 Å². The molecule has 0 radical (unpaired) electrons. The Morgan fingerprint density at radius 2 is 1.83 bits per heavy atom. The molecule has 1 amide bonds. The van der Waals surface area contributed by atoms with Crippen molar-refractivity contribution in [2.24, 2.45) is 0 Å². The first kappa shape index (κ1) is 22.9. The summed E-state index contributed by atoms with van der Waals surface area (Å²) in [5.74, 6) is 1.55. The third kappa shape index (κ3) is 5.29. The van der Waals surface area contributed by atoms with E-state index in [0.29, 0.717) is 12.2 Å². The minimum absolute atomic E-state index is 0.165. The van der Waals surface area contributed by atoms with Crippen LogP contribution < -0.4 is 5.32 Å². The molecule has 2 aromatic carbocycles. The van der Waals surface area contributed by atoms with E-state index in [1.165, 1.54) is 19.3 Å². The van der Waals surface area contributed by atoms with Gasteiger partial charge in [0.15, 0.2) is 5.82 Å². The van der Waals surface area contributed by atoms with Gasteiger partial charge in [0.05, 0.1) is 0 Å². The molecule has 0 atom stereocenters. The highest BCUT2D eigenvalue weighted by Gasteiger charge is 2.21. The first-order chi connectivity index (χ1) is 17.2. The minimum atomic E-state index is -0.165. The fourth-order valence-corrected chi connectivity index (χ4v) is 4.69. The minimum Gasteiger partial charge on any atom is -0.347 e. The van der Waals surface area contributed by atoms with Gasteiger partial charge >= 0.3 is 0 Å². The van der Waals surface area contributed by atoms with Crippen LogP contribution in [0.3, 0.4) is 0 Å². The highest BCUT2D eigenvalue weighted by Crippen LogP contribution is 2.30. The summed E-state index contributed by atoms with van der Waals surface area (Å²) in [6.07, 6.45) is 7.20. The van der Waals surface area contributed by atoms with E-state index in [2.05, 4.69) is 73.3 Å². The smallest absolute Gasteiger partial charge is 0.291 e. The van der Waals surface area contributed by atoms with E-state index in [1.807, 2.05) is 22.9 Å². The van der Waals surface area contributed by atoms with Crippen molar-refractivity contribution in [1.82, 2.24) is 40.7 Å². The maximum Gasteiger partial charge on any atom is 0.291 e. The van der Waals surface area contributed by atoms with Gasteiger partial charge in [-0.2, -0.15) is 0 Å². The number of hydrogen-bond acceptors (Lipinski definition) is 6. The molecule has 0 saturated heterocycles. The number of nitrogens with zero attached hydrogens (tertiary/aromatic N) is 6. The summed E-state index contributed by atoms with van der Waals surface area (Å²) in [4.78, 5) is 17.4. The molecule has 2 N–H and O–H groups in total. The number of carbonyl (C=O) groups is 1. The van der Waals surface area contributed by atoms with Gasteiger partial charge in [0, 0.05) is 24.6 Å². The second kappa shape index (κ2) is 10.6. The summed E-state index contributed by atoms with van der Waals surface area (Å²) in [6.45, 7) is 2.83. The van der Waals surface area contributed by atoms with Crippen LogP contribution in [0.25, 0.3) is 22.5 Å². The number of aromatic amines is 1. The Morgan fingerprint density at radius 1 is 1.06 bits per heavy atom. The molecule has 0 unspecified atom stereocenters. The van der Waals surface area contributed by atoms with Gasteiger partial charge in [-0.25, -0.2) is 14.8 Å². The number of benzene rings is 2. The van der Waals surface area contributed by atoms with Crippen molar-refractivity contribution < 1.29 is 4.79 Å². The van der Waals surface area contributed by atoms with Crippen LogP contribution in [0.2, 0.25) is 0 Å². The number of rotatable bonds is 8. The van der Waals surface area contributed by atoms with E-state index >= 15 is 0 Å². The Bertz CT molecular complexity index is 1260. The molecule has 2 aromatic heterocycles. The van der Waals surface area contributed by atoms with Crippen molar-refractivity contribution in [1.29, 1.82) is 0 Å². The van der Waals surface area contributed by atoms with Crippen LogP contribution in [0, 0.1) is 0 Å². The highest BCUT2D eigenvalue weighted by atomic mass is 16.2. The lowest BCUT2D eigenvalue weighted by atomic mass is 9.95. The molecule has 35 heavy (non-hydrogen) atoms. The van der Waals surface area contributed by atoms with Crippen LogP contribution in [-0.4, -0.2) is 47.3 Å². The molecule has 0 spiro atoms. The number of aromatic nitrogens is 7. The van der Waals surface area contributed by atoms with Crippen LogP contribution in [-0.2, 0) is 13.0 Å². The second-order valence-electron chi connectivity index (χ2n) is 9.05. The lowest BCUT2D eigenvalue weighted by Crippen LogP contribution is -2.36. The van der Waals surface area contributed by atoms with E-state index in [0.717, 1.165) is 53.9 Å². The average molecular weight is 471 g/mol. The molecule has 9 nitrogen and oxygen atoms in total. The van der Waals surface area contributed by atoms with Gasteiger partial charge in [0.1, 0.15) is 5.82 Å². The average Bonchev–Trinajstić information content (AvgIpc) is 3.56. The van der Waals surface area contributed by atoms with Gasteiger partial charge in [-0.05, 0) is 46.4 Å². The summed E-state index contributed by atoms with van der Waals surface area (Å²) >= 11 is 0. The fourth-order valence-electron chi connectivity index (χ4n) is 4.69. The van der Waals surface area contributed by atoms with Gasteiger partial charge < -0.3 is 5.32 Å². The Balaban J connectivity index is 1.34. The number of hydrogen-bond donors (Lipinski definition) is 2. The van der Waals surface area contributed by atoms with Crippen molar-refractivity contribution >= 4 is 5.91 Å². The Kier molecular flexibility index (Phi) is 6.92. The number of H-pyrrole nitrogens is 1. The molecule has 1 aliphatic carbocycles. The van der Waals surface area contributed by atoms with Gasteiger partial charge in [0.25, 0.3) is 5.91 Å². The Labute approximate surface area is 204 Å². The maximum atomic E-state index is 12.8. The summed E-state index contributed by atoms with van der Waals surface area (Å²) in [6, 6.07) is 16.6. The predicted octanol–water partition coefficient (Wildman–Crippen LogP) is 4.19. The lowest BCUT2D eigenvalue weighted by molar-refractivity contribution is 0.0916. The zero-order valence-electron chi connectivity index (χ0n) is 19.9. The molecule has 1 fully saturated rings. The molecule has 0 bridgehead atoms. The standard InChI is InChI=1S/C26H30N8O/c1-2-16-34-23(28-25(31-34)26(35)27-20-8-4-3-5-9-20)17-18-12-14-19(15-13-18)21-10-6-7-11-22(21)24-29-32-33-30-24/h6-7,10-15,20H,2-5,8-9,16-17H2,1H3,(H,27,35)(H,29,30,32,33). The van der Waals surface area contributed by atoms with Crippen molar-refractivity contribution in [3.8, 4) is 22.5 Å². The molecule has 180 valence electrons. The van der Waals surface area contributed by atoms with E-state index < -0.39 is 0 Å². The molecule has 0 aliphatic heterocycles. The van der Waals surface area contributed by atoms with E-state index in [4.69, 9.17) is 0 Å². The van der Waals surface area contributed by atoms with Gasteiger partial charge in [-0.3, -0.25) is 4.79 Å². The van der Waals surface area contributed by atoms with E-state index in [9.17, 15) is 4.79 Å². The van der Waals surface area contributed by atoms with Crippen molar-refractivity contribution in [3.63, 3.8) is 0 Å². The summed E-state index contributed by atoms with van der Waals surface area (Å²) in [5.41, 5.74) is 4.18. The van der Waals surface area contributed by atoms with Crippen LogP contribution in [0.4, 0.5) is 0 Å². The zero-order chi connectivity index (χ0) is 24.0. The Hall–Kier alpha value is -3.88. The number of carbonyl (C=O) groups excluding carboxylic acids is 1. The topological polar surface area (TPSA) is 114 Å². The molecule has 2 heterocycles. The third-order valence-corrected chi connectivity index (χ3v) is 6.48.